The molecule has 1 aromatic heterocycles. The van der Waals surface area contributed by atoms with E-state index < -0.39 is 6.61 Å². The van der Waals surface area contributed by atoms with Crippen LogP contribution in [0.1, 0.15) is 19.4 Å². The number of phenolic OH excluding ortho intramolecular Hbond substituents is 1. The van der Waals surface area contributed by atoms with Crippen LogP contribution in [0.5, 0.6) is 23.0 Å². The van der Waals surface area contributed by atoms with Gasteiger partial charge in [0.25, 0.3) is 0 Å². The zero-order valence-corrected chi connectivity index (χ0v) is 18.8. The topological polar surface area (TPSA) is 77.6 Å². The number of rotatable bonds is 8. The van der Waals surface area contributed by atoms with Crippen LogP contribution in [0.4, 0.5) is 8.78 Å². The lowest BCUT2D eigenvalue weighted by Gasteiger charge is -2.09. The first-order valence-corrected chi connectivity index (χ1v) is 10.5. The number of thiazole rings is 1. The predicted molar refractivity (Wildman–Crippen MR) is 119 cm³/mol. The summed E-state index contributed by atoms with van der Waals surface area (Å²) >= 11 is 1.41. The first-order chi connectivity index (χ1) is 15.3. The third-order valence-corrected chi connectivity index (χ3v) is 5.08. The number of hydrogen-bond donors (Lipinski definition) is 1. The number of benzene rings is 2. The maximum Gasteiger partial charge on any atom is 0.387 e. The number of hydrogen-bond acceptors (Lipinski definition) is 7. The molecule has 2 aromatic carbocycles. The van der Waals surface area contributed by atoms with E-state index in [2.05, 4.69) is 14.8 Å². The van der Waals surface area contributed by atoms with Crippen molar-refractivity contribution in [1.29, 1.82) is 0 Å². The summed E-state index contributed by atoms with van der Waals surface area (Å²) in [5, 5.41) is 16.6. The Bertz CT molecular complexity index is 1130. The van der Waals surface area contributed by atoms with Gasteiger partial charge in [0.2, 0.25) is 10.6 Å². The highest BCUT2D eigenvalue weighted by molar-refractivity contribution is 7.07. The fourth-order valence-corrected chi connectivity index (χ4v) is 3.81. The Kier molecular flexibility index (Phi) is 7.47. The number of nitrogens with zero attached hydrogens (tertiary/aromatic N) is 3. The number of alkyl halides is 2. The summed E-state index contributed by atoms with van der Waals surface area (Å²) in [5.41, 5.74) is 2.12. The lowest BCUT2D eigenvalue weighted by atomic mass is 10.2. The highest BCUT2D eigenvalue weighted by atomic mass is 32.1. The van der Waals surface area contributed by atoms with Crippen molar-refractivity contribution in [3.63, 3.8) is 0 Å². The molecule has 0 aliphatic heterocycles. The highest BCUT2D eigenvalue weighted by Gasteiger charge is 2.12. The Balaban J connectivity index is 2.05. The zero-order valence-electron chi connectivity index (χ0n) is 18.0. The van der Waals surface area contributed by atoms with Crippen LogP contribution < -0.4 is 19.0 Å². The minimum Gasteiger partial charge on any atom is -0.502 e. The summed E-state index contributed by atoms with van der Waals surface area (Å²) in [6, 6.07) is 9.60. The van der Waals surface area contributed by atoms with Crippen LogP contribution in [-0.2, 0) is 0 Å². The molecule has 0 unspecified atom stereocenters. The average molecular weight is 464 g/mol. The van der Waals surface area contributed by atoms with E-state index in [9.17, 15) is 13.9 Å². The monoisotopic (exact) mass is 463 g/mol. The van der Waals surface area contributed by atoms with Gasteiger partial charge in [-0.15, -0.1) is 11.3 Å². The molecule has 0 aliphatic carbocycles. The molecule has 1 N–H and O–H groups in total. The summed E-state index contributed by atoms with van der Waals surface area (Å²) in [7, 11) is 2.89. The number of aromatic hydroxyl groups is 1. The SMILES string of the molecule is COc1cc(/C=N/n2c(-c3ccc(OC(F)F)cc3)csc2=NC(C)C)cc(OC)c1O. The van der Waals surface area contributed by atoms with Crippen LogP contribution in [0, 0.1) is 0 Å². The fraction of sp³-hybridized carbons (Fsp3) is 0.273. The molecule has 0 saturated carbocycles. The maximum atomic E-state index is 12.4. The van der Waals surface area contributed by atoms with Gasteiger partial charge in [-0.05, 0) is 50.2 Å². The van der Waals surface area contributed by atoms with Crippen LogP contribution >= 0.6 is 11.3 Å². The minimum absolute atomic E-state index is 0.0404. The normalized spacial score (nSPS) is 12.2. The summed E-state index contributed by atoms with van der Waals surface area (Å²) in [4.78, 5) is 5.27. The van der Waals surface area contributed by atoms with Crippen LogP contribution in [0.15, 0.2) is 51.9 Å². The van der Waals surface area contributed by atoms with E-state index in [0.717, 1.165) is 11.3 Å². The number of halogens is 2. The van der Waals surface area contributed by atoms with Gasteiger partial charge in [-0.3, -0.25) is 4.99 Å². The van der Waals surface area contributed by atoms with Gasteiger partial charge < -0.3 is 19.3 Å². The first-order valence-electron chi connectivity index (χ1n) is 9.61. The van der Waals surface area contributed by atoms with E-state index in [1.807, 2.05) is 19.2 Å². The van der Waals surface area contributed by atoms with Crippen molar-refractivity contribution in [3.8, 4) is 34.3 Å². The molecule has 32 heavy (non-hydrogen) atoms. The molecule has 10 heteroatoms. The van der Waals surface area contributed by atoms with Gasteiger partial charge in [-0.25, -0.2) is 4.68 Å². The number of phenols is 1. The first kappa shape index (κ1) is 23.3. The summed E-state index contributed by atoms with van der Waals surface area (Å²) in [6.07, 6.45) is 1.59. The molecule has 7 nitrogen and oxygen atoms in total. The molecule has 0 radical (unpaired) electrons. The molecule has 0 atom stereocenters. The molecule has 3 aromatic rings. The second-order valence-corrected chi connectivity index (χ2v) is 7.70. The van der Waals surface area contributed by atoms with Crippen LogP contribution in [0.2, 0.25) is 0 Å². The third-order valence-electron chi connectivity index (χ3n) is 4.25. The molecule has 0 aliphatic rings. The zero-order chi connectivity index (χ0) is 23.3. The van der Waals surface area contributed by atoms with E-state index in [0.29, 0.717) is 10.4 Å². The van der Waals surface area contributed by atoms with Crippen LogP contribution in [0.25, 0.3) is 11.3 Å². The van der Waals surface area contributed by atoms with Gasteiger partial charge in [-0.2, -0.15) is 13.9 Å². The highest BCUT2D eigenvalue weighted by Crippen LogP contribution is 2.36. The smallest absolute Gasteiger partial charge is 0.387 e. The number of ether oxygens (including phenoxy) is 3. The van der Waals surface area contributed by atoms with Gasteiger partial charge >= 0.3 is 6.61 Å². The summed E-state index contributed by atoms with van der Waals surface area (Å²) in [5.74, 6) is 0.480. The van der Waals surface area contributed by atoms with Crippen molar-refractivity contribution >= 4 is 17.6 Å². The van der Waals surface area contributed by atoms with Crippen molar-refractivity contribution in [1.82, 2.24) is 4.68 Å². The predicted octanol–water partition coefficient (Wildman–Crippen LogP) is 4.73. The Labute approximate surface area is 187 Å². The molecule has 0 amide bonds. The fourth-order valence-electron chi connectivity index (χ4n) is 2.84. The number of aromatic nitrogens is 1. The lowest BCUT2D eigenvalue weighted by molar-refractivity contribution is -0.0498. The van der Waals surface area contributed by atoms with Crippen LogP contribution in [0.3, 0.4) is 0 Å². The van der Waals surface area contributed by atoms with E-state index >= 15 is 0 Å². The van der Waals surface area contributed by atoms with Gasteiger partial charge in [0.05, 0.1) is 26.1 Å². The molecule has 3 rings (SSSR count). The Morgan fingerprint density at radius 1 is 1.06 bits per heavy atom. The van der Waals surface area contributed by atoms with E-state index in [1.54, 1.807) is 35.2 Å². The van der Waals surface area contributed by atoms with Crippen molar-refractivity contribution in [2.75, 3.05) is 14.2 Å². The summed E-state index contributed by atoms with van der Waals surface area (Å²) in [6.45, 7) is 1.03. The van der Waals surface area contributed by atoms with Crippen LogP contribution in [-0.4, -0.2) is 42.9 Å². The maximum absolute atomic E-state index is 12.4. The standard InChI is InChI=1S/C22H23F2N3O4S/c1-13(2)26-22-27(25-11-14-9-18(29-3)20(28)19(10-14)30-4)17(12-32-22)15-5-7-16(8-6-15)31-21(23)24/h5-13,21,28H,1-4H3/b25-11+,26-22?. The van der Waals surface area contributed by atoms with Crippen molar-refractivity contribution in [2.45, 2.75) is 26.5 Å². The van der Waals surface area contributed by atoms with Gasteiger partial charge in [0, 0.05) is 22.5 Å². The Morgan fingerprint density at radius 2 is 1.69 bits per heavy atom. The van der Waals surface area contributed by atoms with Gasteiger partial charge in [0.1, 0.15) is 5.75 Å². The van der Waals surface area contributed by atoms with Crippen molar-refractivity contribution in [2.24, 2.45) is 10.1 Å². The molecular weight excluding hydrogens is 440 g/mol. The van der Waals surface area contributed by atoms with Crippen molar-refractivity contribution in [3.05, 3.63) is 52.1 Å². The third kappa shape index (κ3) is 5.44. The van der Waals surface area contributed by atoms with E-state index in [-0.39, 0.29) is 29.0 Å². The Morgan fingerprint density at radius 3 is 2.22 bits per heavy atom. The average Bonchev–Trinajstić information content (AvgIpc) is 3.14. The molecule has 0 bridgehead atoms. The quantitative estimate of drug-likeness (QED) is 0.490. The molecule has 0 spiro atoms. The molecule has 170 valence electrons. The molecule has 1 heterocycles. The van der Waals surface area contributed by atoms with E-state index in [4.69, 9.17) is 9.47 Å². The second kappa shape index (κ2) is 10.3. The molecule has 0 fully saturated rings. The second-order valence-electron chi connectivity index (χ2n) is 6.86. The van der Waals surface area contributed by atoms with E-state index in [1.165, 1.54) is 37.7 Å². The summed E-state index contributed by atoms with van der Waals surface area (Å²) < 4.78 is 41.3. The number of methoxy groups -OCH3 is 2. The lowest BCUT2D eigenvalue weighted by Crippen LogP contribution is -2.14. The molecule has 0 saturated heterocycles. The largest absolute Gasteiger partial charge is 0.502 e. The van der Waals surface area contributed by atoms with Crippen molar-refractivity contribution < 1.29 is 28.1 Å². The minimum atomic E-state index is -2.88. The van der Waals surface area contributed by atoms with Gasteiger partial charge in [0.15, 0.2) is 11.5 Å². The Hall–Kier alpha value is -3.40. The van der Waals surface area contributed by atoms with Gasteiger partial charge in [-0.1, -0.05) is 0 Å². The molecular formula is C22H23F2N3O4S.